The third-order valence-corrected chi connectivity index (χ3v) is 6.07. The van der Waals surface area contributed by atoms with Gasteiger partial charge in [-0.1, -0.05) is 45.4 Å². The van der Waals surface area contributed by atoms with Crippen LogP contribution in [0.4, 0.5) is 0 Å². The Morgan fingerprint density at radius 3 is 2.26 bits per heavy atom. The quantitative estimate of drug-likeness (QED) is 0.700. The molecule has 0 aromatic carbocycles. The van der Waals surface area contributed by atoms with Gasteiger partial charge in [0.15, 0.2) is 0 Å². The van der Waals surface area contributed by atoms with Crippen LogP contribution in [0.25, 0.3) is 0 Å². The van der Waals surface area contributed by atoms with Gasteiger partial charge in [0.2, 0.25) is 0 Å². The van der Waals surface area contributed by atoms with Gasteiger partial charge < -0.3 is 5.32 Å². The van der Waals surface area contributed by atoms with Crippen molar-refractivity contribution in [2.24, 2.45) is 17.3 Å². The molecule has 1 nitrogen and oxygen atoms in total. The number of hydrogen-bond acceptors (Lipinski definition) is 1. The molecule has 2 fully saturated rings. The minimum atomic E-state index is 0.665. The zero-order valence-corrected chi connectivity index (χ0v) is 13.3. The first-order valence-electron chi connectivity index (χ1n) is 8.95. The first kappa shape index (κ1) is 15.4. The van der Waals surface area contributed by atoms with E-state index in [1.807, 2.05) is 0 Å². The molecular formula is C18H35N. The summed E-state index contributed by atoms with van der Waals surface area (Å²) in [6.07, 6.45) is 17.9. The second kappa shape index (κ2) is 7.67. The van der Waals surface area contributed by atoms with Gasteiger partial charge in [-0.2, -0.15) is 0 Å². The molecule has 0 spiro atoms. The Hall–Kier alpha value is -0.0400. The van der Waals surface area contributed by atoms with Gasteiger partial charge in [-0.05, 0) is 62.8 Å². The highest BCUT2D eigenvalue weighted by atomic mass is 14.8. The molecule has 0 atom stereocenters. The van der Waals surface area contributed by atoms with Crippen LogP contribution in [0.3, 0.4) is 0 Å². The van der Waals surface area contributed by atoms with Crippen LogP contribution in [0, 0.1) is 17.3 Å². The third-order valence-electron chi connectivity index (χ3n) is 6.07. The molecule has 0 saturated heterocycles. The molecule has 2 saturated carbocycles. The number of nitrogens with one attached hydrogen (secondary N) is 1. The second-order valence-electron chi connectivity index (χ2n) is 7.31. The molecule has 2 aliphatic carbocycles. The Kier molecular flexibility index (Phi) is 6.19. The maximum absolute atomic E-state index is 3.53. The summed E-state index contributed by atoms with van der Waals surface area (Å²) in [5, 5.41) is 3.53. The van der Waals surface area contributed by atoms with Crippen molar-refractivity contribution < 1.29 is 0 Å². The average Bonchev–Trinajstić information content (AvgIpc) is 2.48. The number of unbranched alkanes of at least 4 members (excludes halogenated alkanes) is 1. The van der Waals surface area contributed by atoms with E-state index in [4.69, 9.17) is 0 Å². The maximum atomic E-state index is 3.53. The fraction of sp³-hybridized carbons (Fsp3) is 1.00. The highest BCUT2D eigenvalue weighted by Gasteiger charge is 2.41. The zero-order chi connectivity index (χ0) is 13.6. The van der Waals surface area contributed by atoms with Crippen molar-refractivity contribution in [3.8, 4) is 0 Å². The van der Waals surface area contributed by atoms with E-state index in [-0.39, 0.29) is 0 Å². The third kappa shape index (κ3) is 3.97. The summed E-state index contributed by atoms with van der Waals surface area (Å²) in [7, 11) is 2.16. The van der Waals surface area contributed by atoms with E-state index in [0.717, 1.165) is 11.8 Å². The molecule has 112 valence electrons. The molecule has 0 aromatic rings. The predicted octanol–water partition coefficient (Wildman–Crippen LogP) is 5.15. The van der Waals surface area contributed by atoms with Crippen molar-refractivity contribution in [2.45, 2.75) is 84.0 Å². The minimum Gasteiger partial charge on any atom is -0.319 e. The van der Waals surface area contributed by atoms with Crippen molar-refractivity contribution in [2.75, 3.05) is 13.6 Å². The molecule has 0 unspecified atom stereocenters. The van der Waals surface area contributed by atoms with Crippen molar-refractivity contribution in [3.63, 3.8) is 0 Å². The number of rotatable bonds is 6. The normalized spacial score (nSPS) is 33.5. The highest BCUT2D eigenvalue weighted by Crippen LogP contribution is 2.49. The fourth-order valence-electron chi connectivity index (χ4n) is 4.83. The summed E-state index contributed by atoms with van der Waals surface area (Å²) in [6, 6.07) is 0. The Morgan fingerprint density at radius 2 is 1.68 bits per heavy atom. The van der Waals surface area contributed by atoms with Gasteiger partial charge in [-0.15, -0.1) is 0 Å². The van der Waals surface area contributed by atoms with Gasteiger partial charge in [-0.3, -0.25) is 0 Å². The van der Waals surface area contributed by atoms with E-state index in [0.29, 0.717) is 5.41 Å². The molecule has 0 heterocycles. The van der Waals surface area contributed by atoms with E-state index < -0.39 is 0 Å². The molecule has 0 aromatic heterocycles. The van der Waals surface area contributed by atoms with Crippen molar-refractivity contribution in [1.82, 2.24) is 5.32 Å². The van der Waals surface area contributed by atoms with Gasteiger partial charge >= 0.3 is 0 Å². The van der Waals surface area contributed by atoms with E-state index in [9.17, 15) is 0 Å². The standard InChI is InChI=1S/C18H35N/c1-3-4-8-16-11-13-18(14-12-16,15-19-2)17-9-6-5-7-10-17/h16-17,19H,3-15H2,1-2H3. The minimum absolute atomic E-state index is 0.665. The number of hydrogen-bond donors (Lipinski definition) is 1. The molecule has 0 bridgehead atoms. The van der Waals surface area contributed by atoms with E-state index >= 15 is 0 Å². The summed E-state index contributed by atoms with van der Waals surface area (Å²) in [6.45, 7) is 3.61. The molecule has 1 N–H and O–H groups in total. The van der Waals surface area contributed by atoms with Gasteiger partial charge in [-0.25, -0.2) is 0 Å². The maximum Gasteiger partial charge on any atom is 0.000746 e. The Morgan fingerprint density at radius 1 is 1.00 bits per heavy atom. The smallest absolute Gasteiger partial charge is 0.000746 e. The lowest BCUT2D eigenvalue weighted by Crippen LogP contribution is -2.43. The topological polar surface area (TPSA) is 12.0 Å². The van der Waals surface area contributed by atoms with Crippen LogP contribution in [-0.4, -0.2) is 13.6 Å². The van der Waals surface area contributed by atoms with Gasteiger partial charge in [0, 0.05) is 6.54 Å². The summed E-state index contributed by atoms with van der Waals surface area (Å²) in [5.41, 5.74) is 0.665. The molecule has 0 amide bonds. The summed E-state index contributed by atoms with van der Waals surface area (Å²) < 4.78 is 0. The first-order chi connectivity index (χ1) is 9.30. The van der Waals surface area contributed by atoms with Crippen LogP contribution < -0.4 is 5.32 Å². The molecule has 0 aliphatic heterocycles. The first-order valence-corrected chi connectivity index (χ1v) is 8.95. The highest BCUT2D eigenvalue weighted by molar-refractivity contribution is 4.93. The Balaban J connectivity index is 1.90. The van der Waals surface area contributed by atoms with Crippen LogP contribution in [0.1, 0.15) is 84.0 Å². The van der Waals surface area contributed by atoms with Crippen LogP contribution in [0.5, 0.6) is 0 Å². The monoisotopic (exact) mass is 265 g/mol. The van der Waals surface area contributed by atoms with Gasteiger partial charge in [0.25, 0.3) is 0 Å². The van der Waals surface area contributed by atoms with Crippen molar-refractivity contribution in [1.29, 1.82) is 0 Å². The fourth-order valence-corrected chi connectivity index (χ4v) is 4.83. The van der Waals surface area contributed by atoms with Gasteiger partial charge in [0.05, 0.1) is 0 Å². The Bertz CT molecular complexity index is 234. The van der Waals surface area contributed by atoms with Crippen molar-refractivity contribution in [3.05, 3.63) is 0 Å². The Labute approximate surface area is 120 Å². The van der Waals surface area contributed by atoms with Crippen LogP contribution >= 0.6 is 0 Å². The molecular weight excluding hydrogens is 230 g/mol. The lowest BCUT2D eigenvalue weighted by atomic mass is 9.59. The second-order valence-corrected chi connectivity index (χ2v) is 7.31. The summed E-state index contributed by atoms with van der Waals surface area (Å²) in [5.74, 6) is 2.08. The lowest BCUT2D eigenvalue weighted by molar-refractivity contribution is 0.0479. The largest absolute Gasteiger partial charge is 0.319 e. The SMILES string of the molecule is CCCCC1CCC(CNC)(C2CCCCC2)CC1. The molecule has 0 radical (unpaired) electrons. The van der Waals surface area contributed by atoms with Crippen molar-refractivity contribution >= 4 is 0 Å². The molecule has 2 rings (SSSR count). The molecule has 1 heteroatoms. The lowest BCUT2D eigenvalue weighted by Gasteiger charge is -2.47. The van der Waals surface area contributed by atoms with Crippen LogP contribution in [0.2, 0.25) is 0 Å². The average molecular weight is 265 g/mol. The predicted molar refractivity (Wildman–Crippen MR) is 84.4 cm³/mol. The summed E-state index contributed by atoms with van der Waals surface area (Å²) in [4.78, 5) is 0. The molecule has 2 aliphatic rings. The summed E-state index contributed by atoms with van der Waals surface area (Å²) >= 11 is 0. The van der Waals surface area contributed by atoms with Crippen LogP contribution in [0.15, 0.2) is 0 Å². The van der Waals surface area contributed by atoms with E-state index in [1.54, 1.807) is 0 Å². The van der Waals surface area contributed by atoms with E-state index in [2.05, 4.69) is 19.3 Å². The van der Waals surface area contributed by atoms with Crippen LogP contribution in [-0.2, 0) is 0 Å². The molecule has 19 heavy (non-hydrogen) atoms. The van der Waals surface area contributed by atoms with E-state index in [1.165, 1.54) is 83.6 Å². The van der Waals surface area contributed by atoms with Gasteiger partial charge in [0.1, 0.15) is 0 Å². The zero-order valence-electron chi connectivity index (χ0n) is 13.3.